The van der Waals surface area contributed by atoms with Crippen molar-refractivity contribution in [3.05, 3.63) is 70.6 Å². The number of methoxy groups -OCH3 is 1. The lowest BCUT2D eigenvalue weighted by Gasteiger charge is -2.38. The minimum Gasteiger partial charge on any atom is -0.507 e. The summed E-state index contributed by atoms with van der Waals surface area (Å²) in [5.74, 6) is -8.68. The van der Waals surface area contributed by atoms with E-state index in [9.17, 15) is 39.6 Å². The van der Waals surface area contributed by atoms with Crippen molar-refractivity contribution in [1.82, 2.24) is 4.90 Å². The zero-order valence-electron chi connectivity index (χ0n) is 41.7. The molecule has 4 aliphatic heterocycles. The summed E-state index contributed by atoms with van der Waals surface area (Å²) in [4.78, 5) is 67.6. The molecule has 6 rings (SSSR count). The van der Waals surface area contributed by atoms with Crippen molar-refractivity contribution in [2.24, 2.45) is 45.5 Å². The number of hydrogen-bond acceptors (Lipinski definition) is 16. The highest BCUT2D eigenvalue weighted by Crippen LogP contribution is 2.50. The number of allylic oxidation sites excluding steroid dienone is 2. The number of benzene rings is 2. The third-order valence-electron chi connectivity index (χ3n) is 13.7. The number of carbonyl (C=O) groups excluding carboxylic acids is 4. The zero-order chi connectivity index (χ0) is 50.9. The lowest BCUT2D eigenvalue weighted by Crippen LogP contribution is -2.47. The number of piperidine rings is 1. The molecule has 1 saturated heterocycles. The molecule has 5 N–H and O–H groups in total. The van der Waals surface area contributed by atoms with Crippen LogP contribution < -0.4 is 20.8 Å². The number of aliphatic hydroxyl groups is 2. The highest BCUT2D eigenvalue weighted by atomic mass is 16.7. The predicted octanol–water partition coefficient (Wildman–Crippen LogP) is 5.48. The summed E-state index contributed by atoms with van der Waals surface area (Å²) >= 11 is 0. The molecule has 2 aromatic rings. The van der Waals surface area contributed by atoms with Crippen LogP contribution in [0.1, 0.15) is 97.5 Å². The molecule has 0 radical (unpaired) electrons. The van der Waals surface area contributed by atoms with Gasteiger partial charge in [-0.25, -0.2) is 0 Å². The SMILES string of the molecule is C=C[C@H]1[C@@H](OC(=O)CC(=O)OCC(C)C)[C@H](C)[C@H](O)[C@H](C)[C@@H](O)[C@@H](C)/C=C/C=C(/C)C(=O)Nc2c(O)c3c(O)c(C)c4c(c3c3c2=NC2(CCN(CC(C)C)CC2)N=3)C(=O)[C@@](C)(O/C=C/[C@@H]1OC)O4. The van der Waals surface area contributed by atoms with Crippen LogP contribution >= 0.6 is 0 Å². The number of hydrogen-bond donors (Lipinski definition) is 5. The smallest absolute Gasteiger partial charge is 0.317 e. The number of Topliss-reactive ketones (excluding diaryl/α,β-unsaturated/α-hetero) is 1. The molecule has 9 atom stereocenters. The molecule has 1 fully saturated rings. The van der Waals surface area contributed by atoms with Gasteiger partial charge in [0.25, 0.3) is 11.7 Å². The molecule has 4 bridgehead atoms. The number of carbonyl (C=O) groups is 4. The monoisotopic (exact) mass is 958 g/mol. The largest absolute Gasteiger partial charge is 0.507 e. The molecule has 1 spiro atoms. The van der Waals surface area contributed by atoms with Gasteiger partial charge in [-0.05, 0) is 31.8 Å². The Morgan fingerprint density at radius 3 is 2.25 bits per heavy atom. The van der Waals surface area contributed by atoms with E-state index in [2.05, 4.69) is 30.6 Å². The van der Waals surface area contributed by atoms with Crippen molar-refractivity contribution in [3.8, 4) is 17.2 Å². The maximum atomic E-state index is 14.9. The number of amides is 1. The topological polar surface area (TPSA) is 235 Å². The minimum atomic E-state index is -2.05. The number of phenols is 2. The average molecular weight is 959 g/mol. The second-order valence-electron chi connectivity index (χ2n) is 20.0. The van der Waals surface area contributed by atoms with Gasteiger partial charge < -0.3 is 54.3 Å². The van der Waals surface area contributed by atoms with Gasteiger partial charge in [-0.1, -0.05) is 72.8 Å². The lowest BCUT2D eigenvalue weighted by molar-refractivity contribution is -0.166. The molecule has 0 aliphatic carbocycles. The summed E-state index contributed by atoms with van der Waals surface area (Å²) in [6.45, 7) is 23.9. The first-order valence-corrected chi connectivity index (χ1v) is 23.9. The Morgan fingerprint density at radius 1 is 0.957 bits per heavy atom. The van der Waals surface area contributed by atoms with Gasteiger partial charge in [-0.15, -0.1) is 6.58 Å². The van der Waals surface area contributed by atoms with Crippen molar-refractivity contribution >= 4 is 40.1 Å². The molecular weight excluding hydrogens is 889 g/mol. The third kappa shape index (κ3) is 10.8. The van der Waals surface area contributed by atoms with Crippen molar-refractivity contribution in [3.63, 3.8) is 0 Å². The summed E-state index contributed by atoms with van der Waals surface area (Å²) in [5.41, 5.74) is -0.761. The van der Waals surface area contributed by atoms with Crippen LogP contribution in [0.15, 0.2) is 58.8 Å². The number of anilines is 1. The maximum absolute atomic E-state index is 14.9. The Labute approximate surface area is 403 Å². The molecule has 376 valence electrons. The van der Waals surface area contributed by atoms with E-state index < -0.39 is 101 Å². The highest BCUT2D eigenvalue weighted by Gasteiger charge is 2.50. The van der Waals surface area contributed by atoms with Crippen molar-refractivity contribution in [2.45, 2.75) is 124 Å². The molecular formula is C52H70N4O13. The van der Waals surface area contributed by atoms with Crippen molar-refractivity contribution in [2.75, 3.05) is 38.7 Å². The predicted molar refractivity (Wildman–Crippen MR) is 257 cm³/mol. The van der Waals surface area contributed by atoms with Gasteiger partial charge in [0, 0.05) is 86.7 Å². The normalized spacial score (nSPS) is 30.2. The maximum Gasteiger partial charge on any atom is 0.317 e. The van der Waals surface area contributed by atoms with Crippen LogP contribution in [0.2, 0.25) is 0 Å². The number of rotatable bonds is 9. The molecule has 17 heteroatoms. The van der Waals surface area contributed by atoms with E-state index in [1.54, 1.807) is 39.8 Å². The van der Waals surface area contributed by atoms with E-state index in [0.717, 1.165) is 6.54 Å². The molecule has 2 aromatic carbocycles. The molecule has 69 heavy (non-hydrogen) atoms. The number of esters is 2. The first-order chi connectivity index (χ1) is 32.5. The Morgan fingerprint density at radius 2 is 1.62 bits per heavy atom. The van der Waals surface area contributed by atoms with Gasteiger partial charge in [0.05, 0.1) is 47.5 Å². The fourth-order valence-electron chi connectivity index (χ4n) is 9.64. The number of ether oxygens (including phenoxy) is 5. The average Bonchev–Trinajstić information content (AvgIpc) is 3.80. The minimum absolute atomic E-state index is 0.00206. The zero-order valence-corrected chi connectivity index (χ0v) is 41.7. The highest BCUT2D eigenvalue weighted by molar-refractivity contribution is 6.19. The van der Waals surface area contributed by atoms with Crippen LogP contribution in [0.3, 0.4) is 0 Å². The van der Waals surface area contributed by atoms with Gasteiger partial charge in [-0.2, -0.15) is 0 Å². The number of aromatic hydroxyl groups is 2. The summed E-state index contributed by atoms with van der Waals surface area (Å²) in [6.07, 6.45) is 4.63. The Balaban J connectivity index is 1.50. The molecule has 1 amide bonds. The Bertz CT molecular complexity index is 2560. The molecule has 4 heterocycles. The van der Waals surface area contributed by atoms with Crippen LogP contribution in [0.5, 0.6) is 17.2 Å². The number of likely N-dealkylation sites (tertiary alicyclic amines) is 1. The van der Waals surface area contributed by atoms with E-state index in [1.807, 2.05) is 13.8 Å². The fraction of sp³-hybridized carbons (Fsp3) is 0.577. The van der Waals surface area contributed by atoms with Crippen molar-refractivity contribution < 1.29 is 63.3 Å². The summed E-state index contributed by atoms with van der Waals surface area (Å²) < 4.78 is 29.6. The first kappa shape index (κ1) is 52.7. The van der Waals surface area contributed by atoms with E-state index in [1.165, 1.54) is 45.4 Å². The summed E-state index contributed by atoms with van der Waals surface area (Å²) in [6, 6.07) is 0. The quantitative estimate of drug-likeness (QED) is 0.0906. The van der Waals surface area contributed by atoms with Gasteiger partial charge in [0.2, 0.25) is 0 Å². The number of fused-ring (bicyclic) bond motifs is 1. The van der Waals surface area contributed by atoms with E-state index >= 15 is 0 Å². The van der Waals surface area contributed by atoms with E-state index in [4.69, 9.17) is 33.7 Å². The summed E-state index contributed by atoms with van der Waals surface area (Å²) in [7, 11) is 1.40. The van der Waals surface area contributed by atoms with Gasteiger partial charge in [0.1, 0.15) is 35.1 Å². The van der Waals surface area contributed by atoms with Gasteiger partial charge >= 0.3 is 17.7 Å². The van der Waals surface area contributed by atoms with Crippen molar-refractivity contribution in [1.29, 1.82) is 0 Å². The molecule has 0 saturated carbocycles. The van der Waals surface area contributed by atoms with Crippen LogP contribution in [0, 0.1) is 42.4 Å². The van der Waals surface area contributed by atoms with Crippen LogP contribution in [0.4, 0.5) is 5.69 Å². The van der Waals surface area contributed by atoms with Crippen LogP contribution in [0.25, 0.3) is 10.8 Å². The molecule has 0 aromatic heterocycles. The fourth-order valence-corrected chi connectivity index (χ4v) is 9.64. The number of aliphatic hydroxyl groups excluding tert-OH is 2. The third-order valence-corrected chi connectivity index (χ3v) is 13.7. The van der Waals surface area contributed by atoms with Gasteiger partial charge in [0.15, 0.2) is 11.4 Å². The molecule has 0 unspecified atom stereocenters. The second-order valence-corrected chi connectivity index (χ2v) is 20.0. The lowest BCUT2D eigenvalue weighted by atomic mass is 9.78. The van der Waals surface area contributed by atoms with Gasteiger partial charge in [-0.3, -0.25) is 29.2 Å². The van der Waals surface area contributed by atoms with Crippen LogP contribution in [-0.2, 0) is 33.3 Å². The number of nitrogens with zero attached hydrogens (tertiary/aromatic N) is 3. The number of phenolic OH excluding ortho intramolecular Hbond substituents is 2. The first-order valence-electron chi connectivity index (χ1n) is 23.9. The molecule has 4 aliphatic rings. The van der Waals surface area contributed by atoms with Crippen LogP contribution in [-0.4, -0.2) is 118 Å². The van der Waals surface area contributed by atoms with E-state index in [-0.39, 0.29) is 62.1 Å². The Kier molecular flexibility index (Phi) is 16.2. The standard InChI is InChI=1S/C52H70N4O13/c1-13-33-34(65-12)17-22-67-51(11)49(63)39-37-38(45(61)32(10)48(39)69-51)46(62)42(41-40(37)54-52(55-41)18-20-56(21-19-52)24-26(2)3)53-50(64)29(7)16-14-15-28(6)43(59)30(8)44(60)31(9)47(33)68-36(58)23-35(57)66-25-27(4)5/h13-17,22,26-28,30-31,33-34,43-44,47,59-62H,1,18-21,23-25H2,2-12H3,(H,53,64)/b15-14+,22-17+,29-16-/t28-,30+,31+,33+,34-,43-,44+,47-,51-/m0/s1. The van der Waals surface area contributed by atoms with E-state index in [0.29, 0.717) is 31.8 Å². The number of nitrogens with one attached hydrogen (secondary N) is 1. The summed E-state index contributed by atoms with van der Waals surface area (Å²) in [5, 5.41) is 50.7. The molecule has 17 nitrogen and oxygen atoms in total. The number of ketones is 1. The Hall–Kier alpha value is -5.62. The second kappa shape index (κ2) is 21.2.